The third kappa shape index (κ3) is 4.30. The predicted octanol–water partition coefficient (Wildman–Crippen LogP) is 3.61. The number of benzene rings is 1. The smallest absolute Gasteiger partial charge is 0.444 e. The number of rotatable bonds is 2. The van der Waals surface area contributed by atoms with Gasteiger partial charge < -0.3 is 14.0 Å². The van der Waals surface area contributed by atoms with E-state index in [1.165, 1.54) is 6.07 Å². The molecule has 0 radical (unpaired) electrons. The second kappa shape index (κ2) is 6.25. The number of hydrogen-bond acceptors (Lipinski definition) is 4. The molecule has 0 spiro atoms. The molecule has 138 valence electrons. The van der Waals surface area contributed by atoms with Crippen molar-refractivity contribution in [3.8, 4) is 0 Å². The fraction of sp³-hybridized carbons (Fsp3) is 0.588. The maximum absolute atomic E-state index is 14.3. The van der Waals surface area contributed by atoms with Gasteiger partial charge in [0.25, 0.3) is 0 Å². The summed E-state index contributed by atoms with van der Waals surface area (Å²) < 4.78 is 44.9. The van der Waals surface area contributed by atoms with Crippen LogP contribution < -0.4 is 10.8 Å². The number of amides is 1. The third-order valence-corrected chi connectivity index (χ3v) is 4.21. The Morgan fingerprint density at radius 3 is 2.12 bits per heavy atom. The van der Waals surface area contributed by atoms with E-state index in [1.807, 2.05) is 27.7 Å². The van der Waals surface area contributed by atoms with Crippen molar-refractivity contribution >= 4 is 24.4 Å². The highest BCUT2D eigenvalue weighted by molar-refractivity contribution is 6.62. The van der Waals surface area contributed by atoms with E-state index in [0.29, 0.717) is 0 Å². The molecule has 8 heteroatoms. The number of ether oxygens (including phenoxy) is 1. The van der Waals surface area contributed by atoms with Crippen molar-refractivity contribution in [1.29, 1.82) is 0 Å². The zero-order chi connectivity index (χ0) is 19.2. The van der Waals surface area contributed by atoms with Crippen molar-refractivity contribution in [2.45, 2.75) is 65.3 Å². The molecule has 0 bridgehead atoms. The molecule has 1 aromatic rings. The summed E-state index contributed by atoms with van der Waals surface area (Å²) in [5, 5.41) is 2.39. The maximum Gasteiger partial charge on any atom is 0.498 e. The normalized spacial score (nSPS) is 19.0. The first-order chi connectivity index (χ1) is 11.2. The molecule has 1 saturated heterocycles. The Morgan fingerprint density at radius 1 is 1.12 bits per heavy atom. The molecule has 2 rings (SSSR count). The Hall–Kier alpha value is -1.67. The zero-order valence-corrected chi connectivity index (χ0v) is 15.6. The molecule has 1 aliphatic heterocycles. The van der Waals surface area contributed by atoms with Crippen molar-refractivity contribution in [1.82, 2.24) is 0 Å². The topological polar surface area (TPSA) is 56.8 Å². The quantitative estimate of drug-likeness (QED) is 0.824. The molecule has 25 heavy (non-hydrogen) atoms. The van der Waals surface area contributed by atoms with Crippen LogP contribution in [0, 0.1) is 11.6 Å². The Bertz CT molecular complexity index is 670. The van der Waals surface area contributed by atoms with E-state index in [0.717, 1.165) is 6.07 Å². The number of halogens is 2. The lowest BCUT2D eigenvalue weighted by atomic mass is 9.78. The van der Waals surface area contributed by atoms with Gasteiger partial charge in [-0.25, -0.2) is 13.6 Å². The zero-order valence-electron chi connectivity index (χ0n) is 15.6. The second-order valence-electron chi connectivity index (χ2n) is 8.08. The number of anilines is 1. The molecular formula is C17H24BF2NO4. The van der Waals surface area contributed by atoms with Crippen molar-refractivity contribution < 1.29 is 27.6 Å². The highest BCUT2D eigenvalue weighted by Crippen LogP contribution is 2.37. The highest BCUT2D eigenvalue weighted by Gasteiger charge is 2.52. The lowest BCUT2D eigenvalue weighted by Crippen LogP contribution is -2.41. The van der Waals surface area contributed by atoms with Crippen LogP contribution in [0.3, 0.4) is 0 Å². The SMILES string of the molecule is CC(C)(C)OC(=O)Nc1cc(F)c(F)c(B2OC(C)(C)C(C)(C)O2)c1. The van der Waals surface area contributed by atoms with Gasteiger partial charge in [-0.3, -0.25) is 5.32 Å². The minimum absolute atomic E-state index is 0.0536. The summed E-state index contributed by atoms with van der Waals surface area (Å²) >= 11 is 0. The summed E-state index contributed by atoms with van der Waals surface area (Å²) in [6.07, 6.45) is -0.765. The molecule has 1 N–H and O–H groups in total. The molecule has 0 aromatic heterocycles. The van der Waals surface area contributed by atoms with Gasteiger partial charge in [0.2, 0.25) is 0 Å². The fourth-order valence-corrected chi connectivity index (χ4v) is 2.25. The van der Waals surface area contributed by atoms with E-state index in [2.05, 4.69) is 5.32 Å². The molecule has 0 aliphatic carbocycles. The van der Waals surface area contributed by atoms with Gasteiger partial charge in [0.15, 0.2) is 11.6 Å². The molecule has 5 nitrogen and oxygen atoms in total. The summed E-state index contributed by atoms with van der Waals surface area (Å²) in [7, 11) is -1.08. The average Bonchev–Trinajstić information content (AvgIpc) is 2.60. The summed E-state index contributed by atoms with van der Waals surface area (Å²) in [5.74, 6) is -2.19. The van der Waals surface area contributed by atoms with Crippen LogP contribution in [-0.2, 0) is 14.0 Å². The van der Waals surface area contributed by atoms with Crippen LogP contribution in [0.5, 0.6) is 0 Å². The van der Waals surface area contributed by atoms with Crippen LogP contribution >= 0.6 is 0 Å². The Balaban J connectivity index is 2.29. The first-order valence-electron chi connectivity index (χ1n) is 8.06. The van der Waals surface area contributed by atoms with E-state index in [9.17, 15) is 13.6 Å². The van der Waals surface area contributed by atoms with Crippen molar-refractivity contribution in [3.63, 3.8) is 0 Å². The van der Waals surface area contributed by atoms with Crippen molar-refractivity contribution in [2.24, 2.45) is 0 Å². The van der Waals surface area contributed by atoms with Gasteiger partial charge in [-0.2, -0.15) is 0 Å². The van der Waals surface area contributed by atoms with E-state index >= 15 is 0 Å². The minimum atomic E-state index is -1.11. The summed E-state index contributed by atoms with van der Waals surface area (Å²) in [6.45, 7) is 12.3. The Labute approximate surface area is 147 Å². The highest BCUT2D eigenvalue weighted by atomic mass is 19.2. The van der Waals surface area contributed by atoms with E-state index in [-0.39, 0.29) is 11.2 Å². The average molecular weight is 355 g/mol. The standard InChI is InChI=1S/C17H24BF2NO4/c1-15(2,3)23-14(22)21-10-8-11(13(20)12(19)9-10)18-24-16(4,5)17(6,7)25-18/h8-9H,1-7H3,(H,21,22). The van der Waals surface area contributed by atoms with Crippen molar-refractivity contribution in [3.05, 3.63) is 23.8 Å². The molecule has 0 unspecified atom stereocenters. The van der Waals surface area contributed by atoms with Gasteiger partial charge in [0.1, 0.15) is 5.60 Å². The van der Waals surface area contributed by atoms with Crippen LogP contribution in [0.15, 0.2) is 12.1 Å². The van der Waals surface area contributed by atoms with Gasteiger partial charge >= 0.3 is 13.2 Å². The number of carbonyl (C=O) groups is 1. The number of carbonyl (C=O) groups excluding carboxylic acids is 1. The van der Waals surface area contributed by atoms with Gasteiger partial charge in [0.05, 0.1) is 11.2 Å². The summed E-state index contributed by atoms with van der Waals surface area (Å²) in [6, 6.07) is 2.17. The van der Waals surface area contributed by atoms with Gasteiger partial charge in [-0.05, 0) is 54.5 Å². The van der Waals surface area contributed by atoms with E-state index in [1.54, 1.807) is 20.8 Å². The lowest BCUT2D eigenvalue weighted by molar-refractivity contribution is 0.00578. The number of hydrogen-bond donors (Lipinski definition) is 1. The molecular weight excluding hydrogens is 331 g/mol. The molecule has 1 heterocycles. The van der Waals surface area contributed by atoms with Crippen LogP contribution in [0.25, 0.3) is 0 Å². The first kappa shape index (κ1) is 19.7. The predicted molar refractivity (Wildman–Crippen MR) is 91.9 cm³/mol. The second-order valence-corrected chi connectivity index (χ2v) is 8.08. The molecule has 0 atom stereocenters. The summed E-state index contributed by atoms with van der Waals surface area (Å²) in [4.78, 5) is 11.9. The van der Waals surface area contributed by atoms with Crippen LogP contribution in [0.2, 0.25) is 0 Å². The number of nitrogens with one attached hydrogen (secondary N) is 1. The minimum Gasteiger partial charge on any atom is -0.444 e. The fourth-order valence-electron chi connectivity index (χ4n) is 2.25. The van der Waals surface area contributed by atoms with Gasteiger partial charge in [-0.1, -0.05) is 0 Å². The third-order valence-electron chi connectivity index (χ3n) is 4.21. The first-order valence-corrected chi connectivity index (χ1v) is 8.06. The van der Waals surface area contributed by atoms with E-state index < -0.39 is 41.6 Å². The largest absolute Gasteiger partial charge is 0.498 e. The lowest BCUT2D eigenvalue weighted by Gasteiger charge is -2.32. The van der Waals surface area contributed by atoms with Crippen LogP contribution in [-0.4, -0.2) is 30.0 Å². The van der Waals surface area contributed by atoms with Crippen LogP contribution in [0.1, 0.15) is 48.5 Å². The molecule has 1 aromatic carbocycles. The maximum atomic E-state index is 14.3. The van der Waals surface area contributed by atoms with Crippen LogP contribution in [0.4, 0.5) is 19.3 Å². The van der Waals surface area contributed by atoms with E-state index in [4.69, 9.17) is 14.0 Å². The Kier molecular flexibility index (Phi) is 4.91. The van der Waals surface area contributed by atoms with Crippen molar-refractivity contribution in [2.75, 3.05) is 5.32 Å². The monoisotopic (exact) mass is 355 g/mol. The molecule has 0 saturated carbocycles. The summed E-state index contributed by atoms with van der Waals surface area (Å²) in [5.41, 5.74) is -2.18. The molecule has 1 fully saturated rings. The molecule has 1 aliphatic rings. The van der Waals surface area contributed by atoms with Gasteiger partial charge in [-0.15, -0.1) is 0 Å². The van der Waals surface area contributed by atoms with Gasteiger partial charge in [0, 0.05) is 17.2 Å². The Morgan fingerprint density at radius 2 is 1.64 bits per heavy atom. The molecule has 1 amide bonds.